The van der Waals surface area contributed by atoms with E-state index >= 15 is 0 Å². The predicted molar refractivity (Wildman–Crippen MR) is 75.6 cm³/mol. The Balaban J connectivity index is 2.22. The summed E-state index contributed by atoms with van der Waals surface area (Å²) in [5, 5.41) is 10.2. The highest BCUT2D eigenvalue weighted by Crippen LogP contribution is 2.24. The van der Waals surface area contributed by atoms with Crippen molar-refractivity contribution in [3.63, 3.8) is 0 Å². The molecule has 1 nitrogen and oxygen atoms in total. The lowest BCUT2D eigenvalue weighted by Crippen LogP contribution is -2.02. The third kappa shape index (κ3) is 3.21. The second kappa shape index (κ2) is 6.36. The van der Waals surface area contributed by atoms with E-state index in [1.807, 2.05) is 24.3 Å². The molecule has 2 aromatic rings. The summed E-state index contributed by atoms with van der Waals surface area (Å²) in [7, 11) is 0. The topological polar surface area (TPSA) is 20.2 Å². The summed E-state index contributed by atoms with van der Waals surface area (Å²) < 4.78 is 0. The number of rotatable bonds is 5. The second-order valence-corrected chi connectivity index (χ2v) is 4.67. The Morgan fingerprint density at radius 2 is 1.61 bits per heavy atom. The van der Waals surface area contributed by atoms with E-state index in [9.17, 15) is 5.11 Å². The fourth-order valence-electron chi connectivity index (χ4n) is 2.26. The van der Waals surface area contributed by atoms with Crippen molar-refractivity contribution in [1.29, 1.82) is 0 Å². The fraction of sp³-hybridized carbons (Fsp3) is 0.294. The van der Waals surface area contributed by atoms with Gasteiger partial charge in [0.25, 0.3) is 0 Å². The largest absolute Gasteiger partial charge is 0.388 e. The summed E-state index contributed by atoms with van der Waals surface area (Å²) in [5.74, 6) is 0. The van der Waals surface area contributed by atoms with Crippen molar-refractivity contribution in [2.75, 3.05) is 0 Å². The van der Waals surface area contributed by atoms with E-state index in [0.717, 1.165) is 24.8 Å². The normalized spacial score (nSPS) is 12.3. The van der Waals surface area contributed by atoms with Crippen molar-refractivity contribution in [2.24, 2.45) is 0 Å². The number of aliphatic hydroxyl groups is 1. The highest BCUT2D eigenvalue weighted by atomic mass is 16.3. The summed E-state index contributed by atoms with van der Waals surface area (Å²) in [6.45, 7) is 2.10. The molecule has 1 heteroatoms. The zero-order chi connectivity index (χ0) is 12.8. The molecule has 0 saturated heterocycles. The first kappa shape index (κ1) is 12.8. The van der Waals surface area contributed by atoms with Gasteiger partial charge in [0.1, 0.15) is 0 Å². The molecule has 1 atom stereocenters. The van der Waals surface area contributed by atoms with Crippen molar-refractivity contribution in [3.8, 4) is 0 Å². The molecule has 0 radical (unpaired) electrons. The van der Waals surface area contributed by atoms with Gasteiger partial charge in [-0.05, 0) is 29.5 Å². The first-order chi connectivity index (χ1) is 8.81. The molecule has 18 heavy (non-hydrogen) atoms. The van der Waals surface area contributed by atoms with Gasteiger partial charge in [0, 0.05) is 0 Å². The number of hydrogen-bond acceptors (Lipinski definition) is 1. The molecule has 0 aliphatic heterocycles. The molecule has 0 spiro atoms. The van der Waals surface area contributed by atoms with Crippen LogP contribution in [0.3, 0.4) is 0 Å². The summed E-state index contributed by atoms with van der Waals surface area (Å²) in [6, 6.07) is 18.6. The average Bonchev–Trinajstić information content (AvgIpc) is 2.41. The third-order valence-corrected chi connectivity index (χ3v) is 3.21. The van der Waals surface area contributed by atoms with Gasteiger partial charge in [-0.2, -0.15) is 0 Å². The van der Waals surface area contributed by atoms with Gasteiger partial charge >= 0.3 is 0 Å². The Morgan fingerprint density at radius 3 is 2.33 bits per heavy atom. The minimum absolute atomic E-state index is 0.338. The molecule has 1 N–H and O–H groups in total. The van der Waals surface area contributed by atoms with Crippen LogP contribution >= 0.6 is 0 Å². The molecule has 94 valence electrons. The van der Waals surface area contributed by atoms with Crippen LogP contribution in [0.25, 0.3) is 0 Å². The number of hydrogen-bond donors (Lipinski definition) is 1. The molecule has 0 amide bonds. The van der Waals surface area contributed by atoms with Gasteiger partial charge in [-0.25, -0.2) is 0 Å². The van der Waals surface area contributed by atoms with Gasteiger partial charge < -0.3 is 5.11 Å². The maximum absolute atomic E-state index is 10.2. The van der Waals surface area contributed by atoms with E-state index in [-0.39, 0.29) is 6.10 Å². The van der Waals surface area contributed by atoms with Crippen LogP contribution in [0.1, 0.15) is 42.6 Å². The van der Waals surface area contributed by atoms with Crippen LogP contribution in [0.5, 0.6) is 0 Å². The zero-order valence-corrected chi connectivity index (χ0v) is 10.8. The molecule has 2 aromatic carbocycles. The Morgan fingerprint density at radius 1 is 0.944 bits per heavy atom. The zero-order valence-electron chi connectivity index (χ0n) is 10.8. The second-order valence-electron chi connectivity index (χ2n) is 4.67. The smallest absolute Gasteiger partial charge is 0.0792 e. The van der Waals surface area contributed by atoms with Crippen molar-refractivity contribution in [1.82, 2.24) is 0 Å². The highest BCUT2D eigenvalue weighted by Gasteiger charge is 2.11. The van der Waals surface area contributed by atoms with E-state index in [1.165, 1.54) is 11.1 Å². The molecule has 0 bridgehead atoms. The van der Waals surface area contributed by atoms with Gasteiger partial charge in [-0.3, -0.25) is 0 Å². The van der Waals surface area contributed by atoms with E-state index in [2.05, 4.69) is 37.3 Å². The molecule has 2 rings (SSSR count). The molecule has 0 heterocycles. The third-order valence-electron chi connectivity index (χ3n) is 3.21. The average molecular weight is 240 g/mol. The van der Waals surface area contributed by atoms with E-state index in [0.29, 0.717) is 0 Å². The van der Waals surface area contributed by atoms with Crippen LogP contribution < -0.4 is 0 Å². The van der Waals surface area contributed by atoms with Crippen molar-refractivity contribution >= 4 is 0 Å². The molecular formula is C17H20O. The van der Waals surface area contributed by atoms with Gasteiger partial charge in [-0.1, -0.05) is 67.9 Å². The summed E-state index contributed by atoms with van der Waals surface area (Å²) in [6.07, 6.45) is 2.37. The SMILES string of the molecule is CCCC(O)c1ccccc1Cc1ccccc1. The van der Waals surface area contributed by atoms with Crippen molar-refractivity contribution in [2.45, 2.75) is 32.3 Å². The Bertz CT molecular complexity index is 476. The molecule has 1 unspecified atom stereocenters. The van der Waals surface area contributed by atoms with Gasteiger partial charge in [0.2, 0.25) is 0 Å². The Labute approximate surface area is 109 Å². The summed E-state index contributed by atoms with van der Waals surface area (Å²) >= 11 is 0. The molecule has 0 fully saturated rings. The maximum atomic E-state index is 10.2. The molecular weight excluding hydrogens is 220 g/mol. The quantitative estimate of drug-likeness (QED) is 0.833. The molecule has 0 aliphatic rings. The monoisotopic (exact) mass is 240 g/mol. The van der Waals surface area contributed by atoms with Crippen LogP contribution in [0, 0.1) is 0 Å². The first-order valence-electron chi connectivity index (χ1n) is 6.61. The van der Waals surface area contributed by atoms with E-state index in [4.69, 9.17) is 0 Å². The van der Waals surface area contributed by atoms with E-state index < -0.39 is 0 Å². The Hall–Kier alpha value is -1.60. The highest BCUT2D eigenvalue weighted by molar-refractivity contribution is 5.34. The maximum Gasteiger partial charge on any atom is 0.0792 e. The Kier molecular flexibility index (Phi) is 4.54. The standard InChI is InChI=1S/C17H20O/c1-2-8-17(18)16-12-7-6-11-15(16)13-14-9-4-3-5-10-14/h3-7,9-12,17-18H,2,8,13H2,1H3. The molecule has 0 aromatic heterocycles. The number of aliphatic hydroxyl groups excluding tert-OH is 1. The fourth-order valence-corrected chi connectivity index (χ4v) is 2.26. The van der Waals surface area contributed by atoms with Crippen LogP contribution in [0.2, 0.25) is 0 Å². The molecule has 0 aliphatic carbocycles. The molecule has 0 saturated carbocycles. The lowest BCUT2D eigenvalue weighted by Gasteiger charge is -2.15. The van der Waals surface area contributed by atoms with Gasteiger partial charge in [0.05, 0.1) is 6.10 Å². The van der Waals surface area contributed by atoms with Gasteiger partial charge in [0.15, 0.2) is 0 Å². The lowest BCUT2D eigenvalue weighted by molar-refractivity contribution is 0.165. The lowest BCUT2D eigenvalue weighted by atomic mass is 9.95. The summed E-state index contributed by atoms with van der Waals surface area (Å²) in [4.78, 5) is 0. The van der Waals surface area contributed by atoms with E-state index in [1.54, 1.807) is 0 Å². The van der Waals surface area contributed by atoms with Crippen LogP contribution in [0.15, 0.2) is 54.6 Å². The van der Waals surface area contributed by atoms with Crippen molar-refractivity contribution < 1.29 is 5.11 Å². The minimum Gasteiger partial charge on any atom is -0.388 e. The van der Waals surface area contributed by atoms with Crippen LogP contribution in [0.4, 0.5) is 0 Å². The summed E-state index contributed by atoms with van der Waals surface area (Å²) in [5.41, 5.74) is 3.58. The number of benzene rings is 2. The first-order valence-corrected chi connectivity index (χ1v) is 6.61. The predicted octanol–water partition coefficient (Wildman–Crippen LogP) is 4.11. The van der Waals surface area contributed by atoms with Crippen molar-refractivity contribution in [3.05, 3.63) is 71.3 Å². The van der Waals surface area contributed by atoms with Gasteiger partial charge in [-0.15, -0.1) is 0 Å². The van der Waals surface area contributed by atoms with Crippen LogP contribution in [-0.2, 0) is 6.42 Å². The van der Waals surface area contributed by atoms with Crippen LogP contribution in [-0.4, -0.2) is 5.11 Å². The minimum atomic E-state index is -0.338.